The second-order valence-corrected chi connectivity index (χ2v) is 8.62. The van der Waals surface area contributed by atoms with E-state index in [0.717, 1.165) is 24.2 Å². The van der Waals surface area contributed by atoms with E-state index in [1.54, 1.807) is 0 Å². The summed E-state index contributed by atoms with van der Waals surface area (Å²) in [5, 5.41) is 15.1. The Labute approximate surface area is 202 Å². The lowest BCUT2D eigenvalue weighted by Crippen LogP contribution is -2.45. The first-order valence-corrected chi connectivity index (χ1v) is 11.5. The third-order valence-electron chi connectivity index (χ3n) is 6.27. The highest BCUT2D eigenvalue weighted by Crippen LogP contribution is 2.35. The predicted octanol–water partition coefficient (Wildman–Crippen LogP) is 3.99. The summed E-state index contributed by atoms with van der Waals surface area (Å²) < 4.78 is 7.78. The molecule has 35 heavy (non-hydrogen) atoms. The van der Waals surface area contributed by atoms with E-state index < -0.39 is 6.04 Å². The lowest BCUT2D eigenvalue weighted by Gasteiger charge is -2.34. The minimum absolute atomic E-state index is 0.0508. The molecule has 2 atom stereocenters. The molecule has 2 N–H and O–H groups in total. The number of nitrogen functional groups attached to an aromatic ring is 1. The quantitative estimate of drug-likeness (QED) is 0.452. The van der Waals surface area contributed by atoms with Gasteiger partial charge in [0.15, 0.2) is 17.5 Å². The molecule has 0 radical (unpaired) electrons. The zero-order chi connectivity index (χ0) is 24.4. The first-order chi connectivity index (χ1) is 17.0. The molecule has 1 aliphatic heterocycles. The van der Waals surface area contributed by atoms with Gasteiger partial charge in [0, 0.05) is 12.1 Å². The van der Waals surface area contributed by atoms with Gasteiger partial charge < -0.3 is 10.5 Å². The van der Waals surface area contributed by atoms with Gasteiger partial charge in [0.1, 0.15) is 29.3 Å². The Kier molecular flexibility index (Phi) is 6.12. The lowest BCUT2D eigenvalue weighted by atomic mass is 10.0. The van der Waals surface area contributed by atoms with Gasteiger partial charge in [-0.25, -0.2) is 14.6 Å². The summed E-state index contributed by atoms with van der Waals surface area (Å²) in [7, 11) is 0. The number of rotatable bonds is 6. The average Bonchev–Trinajstić information content (AvgIpc) is 3.27. The molecule has 0 amide bonds. The first-order valence-electron chi connectivity index (χ1n) is 11.5. The average molecular weight is 468 g/mol. The number of piperidine rings is 1. The fraction of sp³-hybridized carbons (Fsp3) is 0.269. The van der Waals surface area contributed by atoms with Crippen LogP contribution in [0.2, 0.25) is 0 Å². The van der Waals surface area contributed by atoms with Crippen LogP contribution in [-0.4, -0.2) is 49.6 Å². The molecule has 5 rings (SSSR count). The van der Waals surface area contributed by atoms with Crippen molar-refractivity contribution in [2.75, 3.05) is 18.8 Å². The van der Waals surface area contributed by atoms with Crippen LogP contribution in [0, 0.1) is 11.3 Å². The summed E-state index contributed by atoms with van der Waals surface area (Å²) in [5.41, 5.74) is 8.47. The molecular weight excluding hydrogens is 442 g/mol. The number of benzene rings is 2. The number of ketones is 1. The maximum Gasteiger partial charge on any atom is 0.164 e. The fourth-order valence-electron chi connectivity index (χ4n) is 4.60. The molecule has 9 nitrogen and oxygen atoms in total. The minimum atomic E-state index is -0.754. The molecule has 176 valence electrons. The van der Waals surface area contributed by atoms with E-state index >= 15 is 0 Å². The van der Waals surface area contributed by atoms with E-state index in [4.69, 9.17) is 15.6 Å². The fourth-order valence-corrected chi connectivity index (χ4v) is 4.60. The highest BCUT2D eigenvalue weighted by molar-refractivity contribution is 5.98. The van der Waals surface area contributed by atoms with Gasteiger partial charge in [-0.2, -0.15) is 10.4 Å². The Balaban J connectivity index is 1.49. The van der Waals surface area contributed by atoms with Gasteiger partial charge in [0.2, 0.25) is 0 Å². The Bertz CT molecular complexity index is 1390. The number of likely N-dealkylation sites (tertiary alicyclic amines) is 1. The van der Waals surface area contributed by atoms with Gasteiger partial charge in [0.05, 0.1) is 17.5 Å². The third kappa shape index (κ3) is 4.44. The molecule has 4 aromatic rings. The first kappa shape index (κ1) is 22.5. The molecule has 0 spiro atoms. The van der Waals surface area contributed by atoms with Crippen molar-refractivity contribution >= 4 is 22.6 Å². The van der Waals surface area contributed by atoms with Crippen LogP contribution in [0.15, 0.2) is 60.9 Å². The Morgan fingerprint density at radius 3 is 2.60 bits per heavy atom. The molecule has 0 bridgehead atoms. The Hall–Kier alpha value is -4.29. The number of nitrogens with zero attached hydrogens (tertiary/aromatic N) is 6. The van der Waals surface area contributed by atoms with Gasteiger partial charge in [0.25, 0.3) is 0 Å². The summed E-state index contributed by atoms with van der Waals surface area (Å²) >= 11 is 0. The van der Waals surface area contributed by atoms with E-state index in [-0.39, 0.29) is 11.8 Å². The molecule has 0 aliphatic carbocycles. The summed E-state index contributed by atoms with van der Waals surface area (Å²) in [6.45, 7) is 2.68. The van der Waals surface area contributed by atoms with Crippen LogP contribution in [-0.2, 0) is 4.79 Å². The SMILES string of the molecule is CC(=O)C(C#N)N1CCCC(n2nc(-c3ccc(Oc4ccccc4)cc3)c3c(N)ncnc32)C1. The topological polar surface area (TPSA) is 123 Å². The lowest BCUT2D eigenvalue weighted by molar-refractivity contribution is -0.120. The molecule has 1 saturated heterocycles. The van der Waals surface area contributed by atoms with Crippen LogP contribution in [0.3, 0.4) is 0 Å². The minimum Gasteiger partial charge on any atom is -0.457 e. The molecule has 2 aromatic carbocycles. The summed E-state index contributed by atoms with van der Waals surface area (Å²) in [5.74, 6) is 1.68. The highest BCUT2D eigenvalue weighted by atomic mass is 16.5. The zero-order valence-electron chi connectivity index (χ0n) is 19.3. The second-order valence-electron chi connectivity index (χ2n) is 8.62. The maximum atomic E-state index is 12.0. The zero-order valence-corrected chi connectivity index (χ0v) is 19.3. The standard InChI is InChI=1S/C26H25N7O2/c1-17(34)22(14-27)32-13-5-6-19(15-32)33-26-23(25(28)29-16-30-26)24(31-33)18-9-11-21(12-10-18)35-20-7-3-2-4-8-20/h2-4,7-12,16,19,22H,5-6,13,15H2,1H3,(H2,28,29,30). The number of hydrogen-bond donors (Lipinski definition) is 1. The normalized spacial score (nSPS) is 17.1. The predicted molar refractivity (Wildman–Crippen MR) is 132 cm³/mol. The number of carbonyl (C=O) groups is 1. The number of ether oxygens (including phenoxy) is 1. The van der Waals surface area contributed by atoms with Gasteiger partial charge in [-0.15, -0.1) is 0 Å². The van der Waals surface area contributed by atoms with Gasteiger partial charge in [-0.1, -0.05) is 18.2 Å². The maximum absolute atomic E-state index is 12.0. The number of aromatic nitrogens is 4. The van der Waals surface area contributed by atoms with Crippen molar-refractivity contribution in [2.45, 2.75) is 31.8 Å². The van der Waals surface area contributed by atoms with Crippen molar-refractivity contribution in [3.63, 3.8) is 0 Å². The number of hydrogen-bond acceptors (Lipinski definition) is 8. The number of fused-ring (bicyclic) bond motifs is 1. The molecule has 2 aromatic heterocycles. The van der Waals surface area contributed by atoms with Crippen LogP contribution < -0.4 is 10.5 Å². The monoisotopic (exact) mass is 467 g/mol. The van der Waals surface area contributed by atoms with Crippen LogP contribution in [0.4, 0.5) is 5.82 Å². The Morgan fingerprint density at radius 1 is 1.14 bits per heavy atom. The van der Waals surface area contributed by atoms with Gasteiger partial charge >= 0.3 is 0 Å². The van der Waals surface area contributed by atoms with E-state index in [9.17, 15) is 10.1 Å². The number of nitriles is 1. The number of Topliss-reactive ketones (excluding diaryl/α,β-unsaturated/α-hetero) is 1. The van der Waals surface area contributed by atoms with Crippen LogP contribution >= 0.6 is 0 Å². The van der Waals surface area contributed by atoms with Crippen molar-refractivity contribution < 1.29 is 9.53 Å². The molecular formula is C26H25N7O2. The van der Waals surface area contributed by atoms with Crippen molar-refractivity contribution in [3.05, 3.63) is 60.9 Å². The molecule has 0 saturated carbocycles. The molecule has 3 heterocycles. The smallest absolute Gasteiger partial charge is 0.164 e. The van der Waals surface area contributed by atoms with Crippen molar-refractivity contribution in [1.29, 1.82) is 5.26 Å². The summed E-state index contributed by atoms with van der Waals surface area (Å²) in [6.07, 6.45) is 3.14. The molecule has 2 unspecified atom stereocenters. The molecule has 1 fully saturated rings. The highest BCUT2D eigenvalue weighted by Gasteiger charge is 2.31. The Morgan fingerprint density at radius 2 is 1.89 bits per heavy atom. The number of anilines is 1. The largest absolute Gasteiger partial charge is 0.457 e. The number of para-hydroxylation sites is 1. The number of nitrogens with two attached hydrogens (primary N) is 1. The molecule has 1 aliphatic rings. The summed E-state index contributed by atoms with van der Waals surface area (Å²) in [4.78, 5) is 22.6. The second kappa shape index (κ2) is 9.52. The van der Waals surface area contributed by atoms with E-state index in [0.29, 0.717) is 41.4 Å². The van der Waals surface area contributed by atoms with E-state index in [1.165, 1.54) is 13.3 Å². The van der Waals surface area contributed by atoms with E-state index in [2.05, 4.69) is 16.0 Å². The number of carbonyl (C=O) groups excluding carboxylic acids is 1. The van der Waals surface area contributed by atoms with Crippen molar-refractivity contribution in [1.82, 2.24) is 24.6 Å². The van der Waals surface area contributed by atoms with Crippen molar-refractivity contribution in [2.24, 2.45) is 0 Å². The van der Waals surface area contributed by atoms with Crippen LogP contribution in [0.5, 0.6) is 11.5 Å². The van der Waals surface area contributed by atoms with Gasteiger partial charge in [-0.3, -0.25) is 9.69 Å². The third-order valence-corrected chi connectivity index (χ3v) is 6.27. The molecule has 9 heteroatoms. The van der Waals surface area contributed by atoms with Gasteiger partial charge in [-0.05, 0) is 62.7 Å². The van der Waals surface area contributed by atoms with Crippen LogP contribution in [0.25, 0.3) is 22.3 Å². The summed E-state index contributed by atoms with van der Waals surface area (Å²) in [6, 6.07) is 18.6. The van der Waals surface area contributed by atoms with Crippen molar-refractivity contribution in [3.8, 4) is 28.8 Å². The van der Waals surface area contributed by atoms with E-state index in [1.807, 2.05) is 64.2 Å². The van der Waals surface area contributed by atoms with Crippen LogP contribution in [0.1, 0.15) is 25.8 Å².